The van der Waals surface area contributed by atoms with E-state index in [4.69, 9.17) is 5.84 Å². The summed E-state index contributed by atoms with van der Waals surface area (Å²) in [5.41, 5.74) is 2.63. The van der Waals surface area contributed by atoms with Gasteiger partial charge in [-0.15, -0.1) is 24.8 Å². The van der Waals surface area contributed by atoms with Gasteiger partial charge in [0.05, 0.1) is 0 Å². The molecule has 0 saturated heterocycles. The van der Waals surface area contributed by atoms with Crippen LogP contribution in [0.25, 0.3) is 0 Å². The number of hydrogen-bond acceptors (Lipinski definition) is 2. The third-order valence-electron chi connectivity index (χ3n) is 1.10. The smallest absolute Gasteiger partial charge is 0.0126 e. The van der Waals surface area contributed by atoms with Crippen molar-refractivity contribution in [3.63, 3.8) is 0 Å². The molecule has 0 aliphatic heterocycles. The summed E-state index contributed by atoms with van der Waals surface area (Å²) in [6, 6.07) is 0. The number of halogens is 2. The van der Waals surface area contributed by atoms with Gasteiger partial charge in [-0.1, -0.05) is 0 Å². The second kappa shape index (κ2) is 5.63. The largest absolute Gasteiger partial charge is 0.271 e. The van der Waals surface area contributed by atoms with Crippen LogP contribution < -0.4 is 11.3 Å². The zero-order valence-corrected chi connectivity index (χ0v) is 6.23. The summed E-state index contributed by atoms with van der Waals surface area (Å²) < 4.78 is 0. The zero-order valence-electron chi connectivity index (χ0n) is 4.59. The van der Waals surface area contributed by atoms with Gasteiger partial charge in [-0.05, 0) is 18.8 Å². The average molecular weight is 159 g/mol. The molecule has 0 aromatic rings. The van der Waals surface area contributed by atoms with Crippen LogP contribution in [0.4, 0.5) is 0 Å². The Morgan fingerprint density at radius 2 is 1.88 bits per heavy atom. The van der Waals surface area contributed by atoms with Crippen LogP contribution in [-0.4, -0.2) is 6.54 Å². The monoisotopic (exact) mass is 158 g/mol. The lowest BCUT2D eigenvalue weighted by Gasteiger charge is -1.87. The summed E-state index contributed by atoms with van der Waals surface area (Å²) >= 11 is 0. The third-order valence-corrected chi connectivity index (χ3v) is 1.10. The molecule has 0 heterocycles. The SMILES string of the molecule is Cl.Cl.NNCC1CC1. The molecule has 0 amide bonds. The van der Waals surface area contributed by atoms with Crippen LogP contribution in [0.1, 0.15) is 12.8 Å². The molecule has 4 heteroatoms. The summed E-state index contributed by atoms with van der Waals surface area (Å²) in [5.74, 6) is 5.93. The van der Waals surface area contributed by atoms with Crippen molar-refractivity contribution < 1.29 is 0 Å². The molecule has 1 rings (SSSR count). The maximum atomic E-state index is 5.02. The van der Waals surface area contributed by atoms with Crippen LogP contribution in [0.3, 0.4) is 0 Å². The van der Waals surface area contributed by atoms with E-state index >= 15 is 0 Å². The number of rotatable bonds is 2. The van der Waals surface area contributed by atoms with Crippen LogP contribution in [0, 0.1) is 5.92 Å². The lowest BCUT2D eigenvalue weighted by atomic mass is 10.4. The summed E-state index contributed by atoms with van der Waals surface area (Å²) in [6.07, 6.45) is 2.76. The van der Waals surface area contributed by atoms with Crippen LogP contribution in [0.2, 0.25) is 0 Å². The molecule has 3 N–H and O–H groups in total. The predicted molar refractivity (Wildman–Crippen MR) is 39.4 cm³/mol. The van der Waals surface area contributed by atoms with Crippen LogP contribution in [-0.2, 0) is 0 Å². The lowest BCUT2D eigenvalue weighted by molar-refractivity contribution is 0.669. The molecule has 0 unspecified atom stereocenters. The third kappa shape index (κ3) is 4.65. The van der Waals surface area contributed by atoms with Crippen molar-refractivity contribution in [1.29, 1.82) is 0 Å². The molecule has 0 spiro atoms. The van der Waals surface area contributed by atoms with Gasteiger partial charge < -0.3 is 0 Å². The summed E-state index contributed by atoms with van der Waals surface area (Å²) in [5, 5.41) is 0. The molecular formula is C4H12Cl2N2. The van der Waals surface area contributed by atoms with Crippen molar-refractivity contribution in [2.24, 2.45) is 11.8 Å². The fourth-order valence-corrected chi connectivity index (χ4v) is 0.489. The highest BCUT2D eigenvalue weighted by molar-refractivity contribution is 5.85. The van der Waals surface area contributed by atoms with E-state index in [2.05, 4.69) is 5.43 Å². The van der Waals surface area contributed by atoms with Crippen LogP contribution >= 0.6 is 24.8 Å². The first-order valence-electron chi connectivity index (χ1n) is 2.37. The molecule has 0 bridgehead atoms. The Morgan fingerprint density at radius 3 is 2.00 bits per heavy atom. The highest BCUT2D eigenvalue weighted by atomic mass is 35.5. The lowest BCUT2D eigenvalue weighted by Crippen LogP contribution is -2.23. The molecule has 0 aromatic carbocycles. The number of nitrogens with one attached hydrogen (secondary N) is 1. The van der Waals surface area contributed by atoms with Gasteiger partial charge in [0.2, 0.25) is 0 Å². The first-order valence-corrected chi connectivity index (χ1v) is 2.37. The predicted octanol–water partition coefficient (Wildman–Crippen LogP) is 0.703. The molecule has 0 radical (unpaired) electrons. The first kappa shape index (κ1) is 11.3. The van der Waals surface area contributed by atoms with Gasteiger partial charge in [-0.2, -0.15) is 0 Å². The Hall–Kier alpha value is 0.500. The Labute approximate surface area is 62.0 Å². The molecule has 0 atom stereocenters. The molecular weight excluding hydrogens is 147 g/mol. The zero-order chi connectivity index (χ0) is 4.41. The van der Waals surface area contributed by atoms with E-state index in [1.807, 2.05) is 0 Å². The van der Waals surface area contributed by atoms with Crippen LogP contribution in [0.15, 0.2) is 0 Å². The molecule has 1 fully saturated rings. The summed E-state index contributed by atoms with van der Waals surface area (Å²) in [7, 11) is 0. The van der Waals surface area contributed by atoms with Crippen molar-refractivity contribution in [2.45, 2.75) is 12.8 Å². The Bertz CT molecular complexity index is 47.3. The van der Waals surface area contributed by atoms with Crippen LogP contribution in [0.5, 0.6) is 0 Å². The molecule has 0 aromatic heterocycles. The fourth-order valence-electron chi connectivity index (χ4n) is 0.489. The fraction of sp³-hybridized carbons (Fsp3) is 1.00. The maximum Gasteiger partial charge on any atom is 0.0126 e. The standard InChI is InChI=1S/C4H10N2.2ClH/c5-6-3-4-1-2-4;;/h4,6H,1-3,5H2;2*1H. The van der Waals surface area contributed by atoms with Gasteiger partial charge in [0.15, 0.2) is 0 Å². The molecule has 1 aliphatic rings. The minimum Gasteiger partial charge on any atom is -0.271 e. The van der Waals surface area contributed by atoms with Gasteiger partial charge in [-0.3, -0.25) is 11.3 Å². The van der Waals surface area contributed by atoms with E-state index in [9.17, 15) is 0 Å². The topological polar surface area (TPSA) is 38.0 Å². The van der Waals surface area contributed by atoms with Crippen molar-refractivity contribution >= 4 is 24.8 Å². The normalized spacial score (nSPS) is 16.1. The van der Waals surface area contributed by atoms with Crippen molar-refractivity contribution in [3.05, 3.63) is 0 Å². The number of hydrazine groups is 1. The highest BCUT2D eigenvalue weighted by Gasteiger charge is 2.19. The molecule has 8 heavy (non-hydrogen) atoms. The van der Waals surface area contributed by atoms with Crippen molar-refractivity contribution in [2.75, 3.05) is 6.54 Å². The van der Waals surface area contributed by atoms with E-state index in [1.165, 1.54) is 12.8 Å². The van der Waals surface area contributed by atoms with Gasteiger partial charge in [0.25, 0.3) is 0 Å². The summed E-state index contributed by atoms with van der Waals surface area (Å²) in [4.78, 5) is 0. The van der Waals surface area contributed by atoms with Gasteiger partial charge in [-0.25, -0.2) is 0 Å². The molecule has 2 nitrogen and oxygen atoms in total. The van der Waals surface area contributed by atoms with Crippen molar-refractivity contribution in [1.82, 2.24) is 5.43 Å². The Morgan fingerprint density at radius 1 is 1.38 bits per heavy atom. The van der Waals surface area contributed by atoms with Gasteiger partial charge >= 0.3 is 0 Å². The average Bonchev–Trinajstić information content (AvgIpc) is 2.21. The second-order valence-electron chi connectivity index (χ2n) is 1.85. The second-order valence-corrected chi connectivity index (χ2v) is 1.85. The van der Waals surface area contributed by atoms with Crippen molar-refractivity contribution in [3.8, 4) is 0 Å². The number of nitrogens with two attached hydrogens (primary N) is 1. The molecule has 1 aliphatic carbocycles. The first-order chi connectivity index (χ1) is 2.93. The molecule has 1 saturated carbocycles. The van der Waals surface area contributed by atoms with E-state index in [-0.39, 0.29) is 24.8 Å². The summed E-state index contributed by atoms with van der Waals surface area (Å²) in [6.45, 7) is 1.01. The van der Waals surface area contributed by atoms with E-state index < -0.39 is 0 Å². The highest BCUT2D eigenvalue weighted by Crippen LogP contribution is 2.26. The van der Waals surface area contributed by atoms with E-state index in [0.717, 1.165) is 12.5 Å². The molecule has 52 valence electrons. The minimum atomic E-state index is 0. The van der Waals surface area contributed by atoms with E-state index in [1.54, 1.807) is 0 Å². The Kier molecular flexibility index (Phi) is 7.97. The van der Waals surface area contributed by atoms with Gasteiger partial charge in [0.1, 0.15) is 0 Å². The maximum absolute atomic E-state index is 5.02. The number of hydrogen-bond donors (Lipinski definition) is 2. The Balaban J connectivity index is 0. The minimum absolute atomic E-state index is 0. The van der Waals surface area contributed by atoms with E-state index in [0.29, 0.717) is 0 Å². The van der Waals surface area contributed by atoms with Gasteiger partial charge in [0, 0.05) is 6.54 Å². The quantitative estimate of drug-likeness (QED) is 0.459.